The van der Waals surface area contributed by atoms with Crippen LogP contribution in [0.3, 0.4) is 0 Å². The highest BCUT2D eigenvalue weighted by Crippen LogP contribution is 2.24. The smallest absolute Gasteiger partial charge is 0.223 e. The lowest BCUT2D eigenvalue weighted by Crippen LogP contribution is -2.45. The summed E-state index contributed by atoms with van der Waals surface area (Å²) in [5.74, 6) is 0.245. The van der Waals surface area contributed by atoms with E-state index in [9.17, 15) is 9.90 Å². The molecule has 6 nitrogen and oxygen atoms in total. The van der Waals surface area contributed by atoms with Crippen molar-refractivity contribution in [3.05, 3.63) is 30.1 Å². The molecule has 3 rings (SSSR count). The van der Waals surface area contributed by atoms with Crippen LogP contribution in [0.25, 0.3) is 0 Å². The fourth-order valence-electron chi connectivity index (χ4n) is 3.31. The van der Waals surface area contributed by atoms with Gasteiger partial charge in [-0.05, 0) is 25.0 Å². The van der Waals surface area contributed by atoms with Gasteiger partial charge in [-0.3, -0.25) is 9.78 Å². The Labute approximate surface area is 136 Å². The molecule has 23 heavy (non-hydrogen) atoms. The maximum absolute atomic E-state index is 12.0. The SMILES string of the molecule is O=C(NC[C@H]1OC[C@@H](NCc2ccccn2)[C@@H]1O)C1CCCC1. The molecule has 1 aliphatic heterocycles. The van der Waals surface area contributed by atoms with Crippen molar-refractivity contribution in [3.8, 4) is 0 Å². The Bertz CT molecular complexity index is 505. The van der Waals surface area contributed by atoms with Gasteiger partial charge >= 0.3 is 0 Å². The summed E-state index contributed by atoms with van der Waals surface area (Å²) in [4.78, 5) is 16.3. The van der Waals surface area contributed by atoms with E-state index >= 15 is 0 Å². The standard InChI is InChI=1S/C17H25N3O3/c21-16-14(19-9-13-7-3-4-8-18-13)11-23-15(16)10-20-17(22)12-5-1-2-6-12/h3-4,7-8,12,14-16,19,21H,1-2,5-6,9-11H2,(H,20,22)/t14-,15-,16+/m1/s1. The van der Waals surface area contributed by atoms with Crippen LogP contribution in [0.5, 0.6) is 0 Å². The molecule has 1 aromatic heterocycles. The van der Waals surface area contributed by atoms with E-state index < -0.39 is 6.10 Å². The van der Waals surface area contributed by atoms with Crippen molar-refractivity contribution in [2.75, 3.05) is 13.2 Å². The van der Waals surface area contributed by atoms with Crippen LogP contribution in [0.1, 0.15) is 31.4 Å². The molecule has 1 aromatic rings. The number of aliphatic hydroxyl groups is 1. The highest BCUT2D eigenvalue weighted by atomic mass is 16.5. The average Bonchev–Trinajstić information content (AvgIpc) is 3.22. The second kappa shape index (κ2) is 7.86. The third-order valence-electron chi connectivity index (χ3n) is 4.76. The van der Waals surface area contributed by atoms with Crippen LogP contribution in [0, 0.1) is 5.92 Å². The lowest BCUT2D eigenvalue weighted by atomic mass is 10.1. The van der Waals surface area contributed by atoms with Crippen LogP contribution in [0.4, 0.5) is 0 Å². The van der Waals surface area contributed by atoms with Crippen LogP contribution in [-0.2, 0) is 16.1 Å². The van der Waals surface area contributed by atoms with Gasteiger partial charge in [-0.2, -0.15) is 0 Å². The van der Waals surface area contributed by atoms with Gasteiger partial charge in [0.2, 0.25) is 5.91 Å². The molecule has 1 amide bonds. The molecule has 2 fully saturated rings. The number of ether oxygens (including phenoxy) is 1. The Morgan fingerprint density at radius 3 is 2.91 bits per heavy atom. The van der Waals surface area contributed by atoms with E-state index in [1.807, 2.05) is 18.2 Å². The summed E-state index contributed by atoms with van der Waals surface area (Å²) >= 11 is 0. The summed E-state index contributed by atoms with van der Waals surface area (Å²) in [6.07, 6.45) is 5.02. The lowest BCUT2D eigenvalue weighted by Gasteiger charge is -2.19. The van der Waals surface area contributed by atoms with Crippen molar-refractivity contribution >= 4 is 5.91 Å². The summed E-state index contributed by atoms with van der Waals surface area (Å²) in [6.45, 7) is 1.41. The summed E-state index contributed by atoms with van der Waals surface area (Å²) in [6, 6.07) is 5.62. The predicted molar refractivity (Wildman–Crippen MR) is 85.6 cm³/mol. The fourth-order valence-corrected chi connectivity index (χ4v) is 3.31. The van der Waals surface area contributed by atoms with Crippen molar-refractivity contribution in [2.45, 2.75) is 50.5 Å². The average molecular weight is 319 g/mol. The highest BCUT2D eigenvalue weighted by Gasteiger charge is 2.36. The Balaban J connectivity index is 1.41. The van der Waals surface area contributed by atoms with Gasteiger partial charge < -0.3 is 20.5 Å². The normalized spacial score (nSPS) is 28.1. The number of nitrogens with one attached hydrogen (secondary N) is 2. The van der Waals surface area contributed by atoms with Gasteiger partial charge in [0.1, 0.15) is 6.10 Å². The monoisotopic (exact) mass is 319 g/mol. The quantitative estimate of drug-likeness (QED) is 0.715. The first kappa shape index (κ1) is 16.4. The molecule has 0 radical (unpaired) electrons. The third kappa shape index (κ3) is 4.28. The number of carbonyl (C=O) groups excluding carboxylic acids is 1. The molecule has 1 aliphatic carbocycles. The number of hydrogen-bond donors (Lipinski definition) is 3. The second-order valence-electron chi connectivity index (χ2n) is 6.40. The van der Waals surface area contributed by atoms with E-state index in [0.717, 1.165) is 31.4 Å². The van der Waals surface area contributed by atoms with Crippen LogP contribution in [0.2, 0.25) is 0 Å². The molecule has 2 heterocycles. The van der Waals surface area contributed by atoms with E-state index in [1.165, 1.54) is 0 Å². The molecule has 0 aromatic carbocycles. The van der Waals surface area contributed by atoms with Crippen molar-refractivity contribution in [3.63, 3.8) is 0 Å². The van der Waals surface area contributed by atoms with Crippen molar-refractivity contribution in [1.29, 1.82) is 0 Å². The largest absolute Gasteiger partial charge is 0.389 e. The van der Waals surface area contributed by atoms with Crippen molar-refractivity contribution in [1.82, 2.24) is 15.6 Å². The molecule has 6 heteroatoms. The number of hydrogen-bond acceptors (Lipinski definition) is 5. The van der Waals surface area contributed by atoms with Crippen LogP contribution in [0.15, 0.2) is 24.4 Å². The molecular formula is C17H25N3O3. The van der Waals surface area contributed by atoms with Crippen LogP contribution in [-0.4, -0.2) is 47.4 Å². The lowest BCUT2D eigenvalue weighted by molar-refractivity contribution is -0.125. The van der Waals surface area contributed by atoms with Gasteiger partial charge in [-0.15, -0.1) is 0 Å². The van der Waals surface area contributed by atoms with E-state index in [1.54, 1.807) is 6.20 Å². The molecular weight excluding hydrogens is 294 g/mol. The summed E-state index contributed by atoms with van der Waals surface area (Å²) in [7, 11) is 0. The fraction of sp³-hybridized carbons (Fsp3) is 0.647. The zero-order valence-electron chi connectivity index (χ0n) is 13.3. The number of nitrogens with zero attached hydrogens (tertiary/aromatic N) is 1. The molecule has 1 saturated carbocycles. The Morgan fingerprint density at radius 2 is 2.17 bits per heavy atom. The zero-order chi connectivity index (χ0) is 16.1. The molecule has 3 N–H and O–H groups in total. The molecule has 126 valence electrons. The molecule has 0 spiro atoms. The Hall–Kier alpha value is -1.50. The van der Waals surface area contributed by atoms with Gasteiger partial charge in [0.15, 0.2) is 0 Å². The van der Waals surface area contributed by atoms with Crippen LogP contribution < -0.4 is 10.6 Å². The summed E-state index contributed by atoms with van der Waals surface area (Å²) in [5, 5.41) is 16.5. The van der Waals surface area contributed by atoms with Gasteiger partial charge in [0.05, 0.1) is 24.4 Å². The van der Waals surface area contributed by atoms with E-state index in [-0.39, 0.29) is 24.0 Å². The van der Waals surface area contributed by atoms with E-state index in [2.05, 4.69) is 15.6 Å². The molecule has 0 bridgehead atoms. The number of aromatic nitrogens is 1. The minimum absolute atomic E-state index is 0.100. The van der Waals surface area contributed by atoms with Gasteiger partial charge in [0.25, 0.3) is 0 Å². The topological polar surface area (TPSA) is 83.5 Å². The number of aliphatic hydroxyl groups excluding tert-OH is 1. The molecule has 3 atom stereocenters. The number of pyridine rings is 1. The maximum Gasteiger partial charge on any atom is 0.223 e. The van der Waals surface area contributed by atoms with E-state index in [0.29, 0.717) is 19.7 Å². The minimum atomic E-state index is -0.623. The molecule has 0 unspecified atom stereocenters. The zero-order valence-corrected chi connectivity index (χ0v) is 13.3. The second-order valence-corrected chi connectivity index (χ2v) is 6.40. The first-order valence-corrected chi connectivity index (χ1v) is 8.44. The van der Waals surface area contributed by atoms with Gasteiger partial charge in [0, 0.05) is 25.2 Å². The van der Waals surface area contributed by atoms with Gasteiger partial charge in [-0.25, -0.2) is 0 Å². The number of amides is 1. The number of rotatable bonds is 6. The maximum atomic E-state index is 12.0. The first-order valence-electron chi connectivity index (χ1n) is 8.44. The summed E-state index contributed by atoms with van der Waals surface area (Å²) < 4.78 is 5.63. The predicted octanol–water partition coefficient (Wildman–Crippen LogP) is 0.606. The Morgan fingerprint density at radius 1 is 1.35 bits per heavy atom. The summed E-state index contributed by atoms with van der Waals surface area (Å²) in [5.41, 5.74) is 0.928. The van der Waals surface area contributed by atoms with E-state index in [4.69, 9.17) is 4.74 Å². The molecule has 1 saturated heterocycles. The van der Waals surface area contributed by atoms with Gasteiger partial charge in [-0.1, -0.05) is 18.9 Å². The van der Waals surface area contributed by atoms with Crippen molar-refractivity contribution < 1.29 is 14.6 Å². The first-order chi connectivity index (χ1) is 11.2. The minimum Gasteiger partial charge on any atom is -0.389 e. The third-order valence-corrected chi connectivity index (χ3v) is 4.76. The Kier molecular flexibility index (Phi) is 5.59. The highest BCUT2D eigenvalue weighted by molar-refractivity contribution is 5.78. The number of carbonyl (C=O) groups is 1. The van der Waals surface area contributed by atoms with Crippen molar-refractivity contribution in [2.24, 2.45) is 5.92 Å². The van der Waals surface area contributed by atoms with Crippen LogP contribution >= 0.6 is 0 Å². The molecule has 2 aliphatic rings.